The van der Waals surface area contributed by atoms with Crippen molar-refractivity contribution in [2.24, 2.45) is 0 Å². The fourth-order valence-corrected chi connectivity index (χ4v) is 4.11. The minimum absolute atomic E-state index is 0.144. The van der Waals surface area contributed by atoms with Crippen LogP contribution in [0.4, 0.5) is 4.39 Å². The van der Waals surface area contributed by atoms with Gasteiger partial charge in [-0.1, -0.05) is 24.3 Å². The molecule has 7 nitrogen and oxygen atoms in total. The van der Waals surface area contributed by atoms with Gasteiger partial charge >= 0.3 is 0 Å². The summed E-state index contributed by atoms with van der Waals surface area (Å²) in [5, 5.41) is 14.8. The van der Waals surface area contributed by atoms with Crippen molar-refractivity contribution in [3.05, 3.63) is 71.8 Å². The van der Waals surface area contributed by atoms with Gasteiger partial charge in [-0.2, -0.15) is 0 Å². The number of hydrogen-bond donors (Lipinski definition) is 1. The van der Waals surface area contributed by atoms with E-state index in [4.69, 9.17) is 9.47 Å². The Hall–Kier alpha value is -2.68. The number of morpholine rings is 1. The summed E-state index contributed by atoms with van der Waals surface area (Å²) in [5.41, 5.74) is 3.02. The molecular formula is C20H20FN5O2. The molecule has 2 fully saturated rings. The first kappa shape index (κ1) is 17.4. The predicted molar refractivity (Wildman–Crippen MR) is 98.3 cm³/mol. The minimum atomic E-state index is -0.758. The molecule has 0 unspecified atom stereocenters. The molecule has 0 amide bonds. The number of nitrogens with one attached hydrogen (secondary N) is 1. The van der Waals surface area contributed by atoms with E-state index in [1.54, 1.807) is 23.1 Å². The van der Waals surface area contributed by atoms with Gasteiger partial charge in [0.1, 0.15) is 12.1 Å². The molecule has 3 heterocycles. The van der Waals surface area contributed by atoms with E-state index in [9.17, 15) is 4.39 Å². The maximum atomic E-state index is 13.4. The van der Waals surface area contributed by atoms with Crippen molar-refractivity contribution in [3.63, 3.8) is 0 Å². The Morgan fingerprint density at radius 3 is 2.82 bits per heavy atom. The summed E-state index contributed by atoms with van der Waals surface area (Å²) in [6.07, 6.45) is 2.28. The van der Waals surface area contributed by atoms with Gasteiger partial charge in [0.05, 0.1) is 24.9 Å². The minimum Gasteiger partial charge on any atom is -0.347 e. The monoisotopic (exact) mass is 381 g/mol. The van der Waals surface area contributed by atoms with E-state index in [1.165, 1.54) is 12.1 Å². The highest BCUT2D eigenvalue weighted by molar-refractivity contribution is 5.37. The molecule has 8 heteroatoms. The van der Waals surface area contributed by atoms with Crippen LogP contribution in [0.5, 0.6) is 0 Å². The maximum Gasteiger partial charge on any atom is 0.188 e. The number of aromatic nitrogens is 4. The molecule has 5 rings (SSSR count). The third-order valence-electron chi connectivity index (χ3n) is 5.45. The molecule has 1 spiro atoms. The molecule has 0 aliphatic carbocycles. The van der Waals surface area contributed by atoms with Crippen LogP contribution in [0.1, 0.15) is 29.5 Å². The molecule has 0 bridgehead atoms. The second-order valence-corrected chi connectivity index (χ2v) is 7.16. The lowest BCUT2D eigenvalue weighted by Gasteiger charge is -2.41. The van der Waals surface area contributed by atoms with Crippen LogP contribution in [0, 0.1) is 5.82 Å². The largest absolute Gasteiger partial charge is 0.347 e. The van der Waals surface area contributed by atoms with Gasteiger partial charge in [0.2, 0.25) is 0 Å². The van der Waals surface area contributed by atoms with Crippen molar-refractivity contribution in [1.82, 2.24) is 25.5 Å². The molecule has 144 valence electrons. The fourth-order valence-electron chi connectivity index (χ4n) is 4.11. The Bertz CT molecular complexity index is 949. The van der Waals surface area contributed by atoms with Crippen molar-refractivity contribution >= 4 is 0 Å². The summed E-state index contributed by atoms with van der Waals surface area (Å²) in [5.74, 6) is -0.829. The van der Waals surface area contributed by atoms with Crippen molar-refractivity contribution in [3.8, 4) is 5.69 Å². The molecule has 0 saturated carbocycles. The predicted octanol–water partition coefficient (Wildman–Crippen LogP) is 2.36. The topological polar surface area (TPSA) is 74.1 Å². The van der Waals surface area contributed by atoms with Crippen LogP contribution in [-0.2, 0) is 9.47 Å². The molecule has 0 radical (unpaired) electrons. The molecule has 2 aliphatic heterocycles. The Morgan fingerprint density at radius 2 is 2.00 bits per heavy atom. The van der Waals surface area contributed by atoms with E-state index >= 15 is 0 Å². The van der Waals surface area contributed by atoms with Crippen LogP contribution in [0.15, 0.2) is 54.9 Å². The Labute approximate surface area is 161 Å². The number of hydrogen-bond acceptors (Lipinski definition) is 6. The average molecular weight is 381 g/mol. The first-order valence-corrected chi connectivity index (χ1v) is 9.34. The zero-order chi connectivity index (χ0) is 19.0. The zero-order valence-corrected chi connectivity index (χ0v) is 15.2. The van der Waals surface area contributed by atoms with Crippen molar-refractivity contribution in [2.75, 3.05) is 19.8 Å². The summed E-state index contributed by atoms with van der Waals surface area (Å²) in [4.78, 5) is 0. The van der Waals surface area contributed by atoms with E-state index in [2.05, 4.69) is 33.0 Å². The van der Waals surface area contributed by atoms with Gasteiger partial charge < -0.3 is 14.8 Å². The van der Waals surface area contributed by atoms with E-state index in [0.717, 1.165) is 23.4 Å². The first-order valence-electron chi connectivity index (χ1n) is 9.34. The average Bonchev–Trinajstić information content (AvgIpc) is 3.41. The quantitative estimate of drug-likeness (QED) is 0.751. The zero-order valence-electron chi connectivity index (χ0n) is 15.2. The third-order valence-corrected chi connectivity index (χ3v) is 5.45. The highest BCUT2D eigenvalue weighted by Gasteiger charge is 2.50. The lowest BCUT2D eigenvalue weighted by atomic mass is 9.88. The molecule has 1 N–H and O–H groups in total. The van der Waals surface area contributed by atoms with Gasteiger partial charge in [-0.25, -0.2) is 9.07 Å². The summed E-state index contributed by atoms with van der Waals surface area (Å²) in [7, 11) is 0. The highest BCUT2D eigenvalue weighted by atomic mass is 19.1. The second kappa shape index (κ2) is 7.05. The van der Waals surface area contributed by atoms with Crippen molar-refractivity contribution < 1.29 is 13.9 Å². The molecule has 1 aromatic heterocycles. The number of halogens is 1. The first-order chi connectivity index (χ1) is 13.7. The number of nitrogens with zero attached hydrogens (tertiary/aromatic N) is 4. The molecular weight excluding hydrogens is 361 g/mol. The van der Waals surface area contributed by atoms with Crippen molar-refractivity contribution in [1.29, 1.82) is 0 Å². The maximum absolute atomic E-state index is 13.4. The molecule has 2 aliphatic rings. The smallest absolute Gasteiger partial charge is 0.188 e. The van der Waals surface area contributed by atoms with Crippen LogP contribution in [-0.4, -0.2) is 45.8 Å². The Morgan fingerprint density at radius 1 is 1.11 bits per heavy atom. The molecule has 3 atom stereocenters. The number of rotatable bonds is 3. The lowest BCUT2D eigenvalue weighted by Crippen LogP contribution is -2.52. The molecule has 28 heavy (non-hydrogen) atoms. The van der Waals surface area contributed by atoms with E-state index in [1.807, 2.05) is 12.1 Å². The van der Waals surface area contributed by atoms with Gasteiger partial charge in [-0.15, -0.1) is 5.10 Å². The van der Waals surface area contributed by atoms with E-state index < -0.39 is 5.79 Å². The SMILES string of the molecule is Fc1ccc([C@@H]2NCCO[C@@]23C[C@@H](c2cccc(-n4cnnn4)c2)CO3)cc1. The van der Waals surface area contributed by atoms with Crippen LogP contribution in [0.3, 0.4) is 0 Å². The third kappa shape index (κ3) is 3.09. The summed E-state index contributed by atoms with van der Waals surface area (Å²) < 4.78 is 27.4. The van der Waals surface area contributed by atoms with Gasteiger partial charge in [0.15, 0.2) is 5.79 Å². The summed E-state index contributed by atoms with van der Waals surface area (Å²) >= 11 is 0. The lowest BCUT2D eigenvalue weighted by molar-refractivity contribution is -0.245. The Balaban J connectivity index is 1.42. The standard InChI is InChI=1S/C20H20FN5O2/c21-17-6-4-14(5-7-17)19-20(27-9-8-22-19)11-16(12-28-20)15-2-1-3-18(10-15)26-13-23-24-25-26/h1-7,10,13,16,19,22H,8-9,11-12H2/t16-,19+,20-/m1/s1. The van der Waals surface area contributed by atoms with Gasteiger partial charge in [0, 0.05) is 18.9 Å². The van der Waals surface area contributed by atoms with E-state index in [-0.39, 0.29) is 17.8 Å². The normalized spacial score (nSPS) is 27.3. The van der Waals surface area contributed by atoms with Crippen LogP contribution >= 0.6 is 0 Å². The van der Waals surface area contributed by atoms with Gasteiger partial charge in [-0.05, 0) is 45.8 Å². The van der Waals surface area contributed by atoms with Gasteiger partial charge in [0.25, 0.3) is 0 Å². The highest BCUT2D eigenvalue weighted by Crippen LogP contribution is 2.46. The van der Waals surface area contributed by atoms with Gasteiger partial charge in [-0.3, -0.25) is 0 Å². The van der Waals surface area contributed by atoms with Crippen molar-refractivity contribution in [2.45, 2.75) is 24.2 Å². The van der Waals surface area contributed by atoms with Crippen LogP contribution in [0.2, 0.25) is 0 Å². The Kier molecular flexibility index (Phi) is 4.38. The summed E-state index contributed by atoms with van der Waals surface area (Å²) in [6.45, 7) is 1.86. The van der Waals surface area contributed by atoms with E-state index in [0.29, 0.717) is 19.6 Å². The second-order valence-electron chi connectivity index (χ2n) is 7.16. The fraction of sp³-hybridized carbons (Fsp3) is 0.350. The molecule has 3 aromatic rings. The molecule has 2 saturated heterocycles. The number of benzene rings is 2. The number of ether oxygens (including phenoxy) is 2. The molecule has 2 aromatic carbocycles. The van der Waals surface area contributed by atoms with Crippen LogP contribution < -0.4 is 5.32 Å². The van der Waals surface area contributed by atoms with Crippen LogP contribution in [0.25, 0.3) is 5.69 Å². The number of tetrazole rings is 1. The summed E-state index contributed by atoms with van der Waals surface area (Å²) in [6, 6.07) is 14.5.